The monoisotopic (exact) mass is 220 g/mol. The van der Waals surface area contributed by atoms with Crippen molar-refractivity contribution >= 4 is 5.91 Å². The van der Waals surface area contributed by atoms with Gasteiger partial charge in [-0.05, 0) is 18.9 Å². The van der Waals surface area contributed by atoms with Crippen molar-refractivity contribution in [3.8, 4) is 5.88 Å². The molecule has 0 aromatic carbocycles. The Morgan fingerprint density at radius 1 is 1.44 bits per heavy atom. The van der Waals surface area contributed by atoms with E-state index in [1.165, 1.54) is 12.8 Å². The summed E-state index contributed by atoms with van der Waals surface area (Å²) in [6.07, 6.45) is 6.26. The van der Waals surface area contributed by atoms with Crippen LogP contribution in [0.15, 0.2) is 24.4 Å². The van der Waals surface area contributed by atoms with Crippen LogP contribution in [0, 0.1) is 0 Å². The van der Waals surface area contributed by atoms with Crippen LogP contribution < -0.4 is 10.1 Å². The van der Waals surface area contributed by atoms with Gasteiger partial charge in [0.25, 0.3) is 5.91 Å². The standard InChI is InChI=1S/C12H16N2O2/c15-11(14-10-5-1-2-6-10)9-16-12-7-3-4-8-13-12/h3-4,7-8,10H,1-2,5-6,9H2,(H,14,15). The van der Waals surface area contributed by atoms with Crippen LogP contribution in [-0.2, 0) is 4.79 Å². The van der Waals surface area contributed by atoms with E-state index in [0.717, 1.165) is 12.8 Å². The highest BCUT2D eigenvalue weighted by Gasteiger charge is 2.17. The third-order valence-corrected chi connectivity index (χ3v) is 2.71. The van der Waals surface area contributed by atoms with Crippen LogP contribution in [0.25, 0.3) is 0 Å². The van der Waals surface area contributed by atoms with Crippen LogP contribution in [-0.4, -0.2) is 23.5 Å². The number of carbonyl (C=O) groups is 1. The van der Waals surface area contributed by atoms with Gasteiger partial charge in [-0.15, -0.1) is 0 Å². The molecule has 16 heavy (non-hydrogen) atoms. The molecule has 4 nitrogen and oxygen atoms in total. The van der Waals surface area contributed by atoms with Crippen molar-refractivity contribution in [1.82, 2.24) is 10.3 Å². The van der Waals surface area contributed by atoms with Crippen molar-refractivity contribution in [2.24, 2.45) is 0 Å². The normalized spacial score (nSPS) is 16.0. The highest BCUT2D eigenvalue weighted by Crippen LogP contribution is 2.17. The van der Waals surface area contributed by atoms with Gasteiger partial charge in [-0.2, -0.15) is 0 Å². The lowest BCUT2D eigenvalue weighted by molar-refractivity contribution is -0.123. The maximum atomic E-state index is 11.5. The average molecular weight is 220 g/mol. The van der Waals surface area contributed by atoms with E-state index in [9.17, 15) is 4.79 Å². The Labute approximate surface area is 95.0 Å². The van der Waals surface area contributed by atoms with Gasteiger partial charge >= 0.3 is 0 Å². The molecule has 0 atom stereocenters. The number of aromatic nitrogens is 1. The van der Waals surface area contributed by atoms with Gasteiger partial charge in [0.15, 0.2) is 6.61 Å². The molecule has 1 aromatic heterocycles. The minimum Gasteiger partial charge on any atom is -0.468 e. The molecule has 4 heteroatoms. The molecule has 1 N–H and O–H groups in total. The van der Waals surface area contributed by atoms with E-state index < -0.39 is 0 Å². The first-order valence-corrected chi connectivity index (χ1v) is 5.68. The second kappa shape index (κ2) is 5.49. The Balaban J connectivity index is 1.71. The summed E-state index contributed by atoms with van der Waals surface area (Å²) < 4.78 is 5.25. The quantitative estimate of drug-likeness (QED) is 0.837. The molecular formula is C12H16N2O2. The van der Waals surface area contributed by atoms with Crippen LogP contribution in [0.3, 0.4) is 0 Å². The van der Waals surface area contributed by atoms with Gasteiger partial charge < -0.3 is 10.1 Å². The zero-order valence-electron chi connectivity index (χ0n) is 9.19. The lowest BCUT2D eigenvalue weighted by Crippen LogP contribution is -2.36. The topological polar surface area (TPSA) is 51.2 Å². The molecule has 0 spiro atoms. The van der Waals surface area contributed by atoms with E-state index in [-0.39, 0.29) is 12.5 Å². The summed E-state index contributed by atoms with van der Waals surface area (Å²) in [5, 5.41) is 2.96. The van der Waals surface area contributed by atoms with Crippen molar-refractivity contribution in [2.45, 2.75) is 31.7 Å². The number of ether oxygens (including phenoxy) is 1. The Morgan fingerprint density at radius 2 is 2.25 bits per heavy atom. The molecule has 1 amide bonds. The van der Waals surface area contributed by atoms with E-state index in [2.05, 4.69) is 10.3 Å². The van der Waals surface area contributed by atoms with Gasteiger partial charge in [0.1, 0.15) is 0 Å². The molecule has 0 saturated heterocycles. The van der Waals surface area contributed by atoms with Gasteiger partial charge in [-0.25, -0.2) is 4.98 Å². The fourth-order valence-corrected chi connectivity index (χ4v) is 1.91. The average Bonchev–Trinajstić information content (AvgIpc) is 2.81. The highest BCUT2D eigenvalue weighted by molar-refractivity contribution is 5.77. The first-order valence-electron chi connectivity index (χ1n) is 5.68. The first kappa shape index (κ1) is 10.9. The predicted octanol–water partition coefficient (Wildman–Crippen LogP) is 1.52. The summed E-state index contributed by atoms with van der Waals surface area (Å²) in [5.41, 5.74) is 0. The largest absolute Gasteiger partial charge is 0.468 e. The number of amides is 1. The van der Waals surface area contributed by atoms with Gasteiger partial charge in [0, 0.05) is 18.3 Å². The van der Waals surface area contributed by atoms with Crippen molar-refractivity contribution in [1.29, 1.82) is 0 Å². The van der Waals surface area contributed by atoms with E-state index in [1.807, 2.05) is 12.1 Å². The van der Waals surface area contributed by atoms with Gasteiger partial charge in [0.2, 0.25) is 5.88 Å². The summed E-state index contributed by atoms with van der Waals surface area (Å²) in [6, 6.07) is 5.73. The third-order valence-electron chi connectivity index (χ3n) is 2.71. The van der Waals surface area contributed by atoms with E-state index in [1.54, 1.807) is 12.3 Å². The number of hydrogen-bond donors (Lipinski definition) is 1. The van der Waals surface area contributed by atoms with Crippen LogP contribution in [0.5, 0.6) is 5.88 Å². The van der Waals surface area contributed by atoms with Gasteiger partial charge in [-0.3, -0.25) is 4.79 Å². The molecule has 86 valence electrons. The van der Waals surface area contributed by atoms with Crippen molar-refractivity contribution < 1.29 is 9.53 Å². The molecule has 0 aliphatic heterocycles. The smallest absolute Gasteiger partial charge is 0.258 e. The summed E-state index contributed by atoms with van der Waals surface area (Å²) in [4.78, 5) is 15.5. The Hall–Kier alpha value is -1.58. The number of hydrogen-bond acceptors (Lipinski definition) is 3. The second-order valence-electron chi connectivity index (χ2n) is 4.01. The van der Waals surface area contributed by atoms with Gasteiger partial charge in [-0.1, -0.05) is 18.9 Å². The van der Waals surface area contributed by atoms with Crippen molar-refractivity contribution in [3.05, 3.63) is 24.4 Å². The summed E-state index contributed by atoms with van der Waals surface area (Å²) >= 11 is 0. The number of pyridine rings is 1. The minimum atomic E-state index is -0.0578. The summed E-state index contributed by atoms with van der Waals surface area (Å²) in [7, 11) is 0. The lowest BCUT2D eigenvalue weighted by Gasteiger charge is -2.11. The predicted molar refractivity (Wildman–Crippen MR) is 60.1 cm³/mol. The summed E-state index contributed by atoms with van der Waals surface area (Å²) in [5.74, 6) is 0.432. The number of nitrogens with zero attached hydrogens (tertiary/aromatic N) is 1. The van der Waals surface area contributed by atoms with Crippen LogP contribution in [0.2, 0.25) is 0 Å². The van der Waals surface area contributed by atoms with Gasteiger partial charge in [0.05, 0.1) is 0 Å². The third kappa shape index (κ3) is 3.22. The van der Waals surface area contributed by atoms with E-state index in [0.29, 0.717) is 11.9 Å². The first-order chi connectivity index (χ1) is 7.84. The number of carbonyl (C=O) groups excluding carboxylic acids is 1. The zero-order chi connectivity index (χ0) is 11.2. The molecule has 1 aliphatic carbocycles. The van der Waals surface area contributed by atoms with Crippen LogP contribution in [0.1, 0.15) is 25.7 Å². The maximum absolute atomic E-state index is 11.5. The molecular weight excluding hydrogens is 204 g/mol. The SMILES string of the molecule is O=C(COc1ccccn1)NC1CCCC1. The van der Waals surface area contributed by atoms with Crippen molar-refractivity contribution in [2.75, 3.05) is 6.61 Å². The molecule has 2 rings (SSSR count). The maximum Gasteiger partial charge on any atom is 0.258 e. The Bertz CT molecular complexity index is 334. The highest BCUT2D eigenvalue weighted by atomic mass is 16.5. The van der Waals surface area contributed by atoms with E-state index in [4.69, 9.17) is 4.74 Å². The summed E-state index contributed by atoms with van der Waals surface area (Å²) in [6.45, 7) is 0.0491. The number of rotatable bonds is 4. The number of nitrogens with one attached hydrogen (secondary N) is 1. The zero-order valence-corrected chi connectivity index (χ0v) is 9.19. The molecule has 1 heterocycles. The molecule has 1 saturated carbocycles. The van der Waals surface area contributed by atoms with Crippen molar-refractivity contribution in [3.63, 3.8) is 0 Å². The molecule has 0 bridgehead atoms. The van der Waals surface area contributed by atoms with E-state index >= 15 is 0 Å². The fraction of sp³-hybridized carbons (Fsp3) is 0.500. The Morgan fingerprint density at radius 3 is 2.94 bits per heavy atom. The molecule has 0 radical (unpaired) electrons. The minimum absolute atomic E-state index is 0.0491. The molecule has 1 aliphatic rings. The Kier molecular flexibility index (Phi) is 3.75. The van der Waals surface area contributed by atoms with Crippen LogP contribution >= 0.6 is 0 Å². The second-order valence-corrected chi connectivity index (χ2v) is 4.01. The lowest BCUT2D eigenvalue weighted by atomic mass is 10.2. The van der Waals surface area contributed by atoms with Crippen LogP contribution in [0.4, 0.5) is 0 Å². The molecule has 1 aromatic rings. The molecule has 0 unspecified atom stereocenters. The molecule has 1 fully saturated rings. The fourth-order valence-electron chi connectivity index (χ4n) is 1.91.